The Morgan fingerprint density at radius 3 is 2.55 bits per heavy atom. The quantitative estimate of drug-likeness (QED) is 0.530. The second-order valence-corrected chi connectivity index (χ2v) is 4.67. The van der Waals surface area contributed by atoms with Gasteiger partial charge in [-0.25, -0.2) is 0 Å². The molecule has 11 heavy (non-hydrogen) atoms. The predicted molar refractivity (Wildman–Crippen MR) is 48.3 cm³/mol. The molecule has 3 unspecified atom stereocenters. The molecule has 2 aliphatic rings. The standard InChI is InChI=1S/C11H18/c1-8(2)5-11-7-9-3-4-10(11)6-9/h3-4,8-11H,5-7H2,1-2H3. The van der Waals surface area contributed by atoms with Crippen LogP contribution in [0.3, 0.4) is 0 Å². The zero-order valence-corrected chi connectivity index (χ0v) is 7.59. The van der Waals surface area contributed by atoms with Gasteiger partial charge in [0.1, 0.15) is 0 Å². The maximum Gasteiger partial charge on any atom is -0.0199 e. The Bertz CT molecular complexity index is 167. The summed E-state index contributed by atoms with van der Waals surface area (Å²) in [6.07, 6.45) is 9.30. The highest BCUT2D eigenvalue weighted by Crippen LogP contribution is 2.45. The van der Waals surface area contributed by atoms with E-state index in [4.69, 9.17) is 0 Å². The molecule has 0 aliphatic heterocycles. The molecule has 0 nitrogen and oxygen atoms in total. The van der Waals surface area contributed by atoms with Gasteiger partial charge in [-0.2, -0.15) is 0 Å². The molecule has 0 N–H and O–H groups in total. The van der Waals surface area contributed by atoms with Crippen LogP contribution in [0.1, 0.15) is 33.1 Å². The lowest BCUT2D eigenvalue weighted by Gasteiger charge is -2.19. The molecular weight excluding hydrogens is 132 g/mol. The molecule has 0 heteroatoms. The fourth-order valence-corrected chi connectivity index (χ4v) is 2.77. The molecule has 0 saturated heterocycles. The van der Waals surface area contributed by atoms with Crippen molar-refractivity contribution in [2.45, 2.75) is 33.1 Å². The summed E-state index contributed by atoms with van der Waals surface area (Å²) < 4.78 is 0. The largest absolute Gasteiger partial charge is 0.0851 e. The molecule has 62 valence electrons. The summed E-state index contributed by atoms with van der Waals surface area (Å²) in [5.74, 6) is 3.85. The van der Waals surface area contributed by atoms with Gasteiger partial charge in [0.05, 0.1) is 0 Å². The van der Waals surface area contributed by atoms with Gasteiger partial charge < -0.3 is 0 Å². The minimum absolute atomic E-state index is 0.896. The van der Waals surface area contributed by atoms with Crippen LogP contribution in [0.5, 0.6) is 0 Å². The van der Waals surface area contributed by atoms with E-state index in [-0.39, 0.29) is 0 Å². The first-order valence-electron chi connectivity index (χ1n) is 4.94. The lowest BCUT2D eigenvalue weighted by atomic mass is 9.86. The first kappa shape index (κ1) is 7.39. The van der Waals surface area contributed by atoms with E-state index in [0.717, 1.165) is 23.7 Å². The summed E-state index contributed by atoms with van der Waals surface area (Å²) in [7, 11) is 0. The molecule has 0 heterocycles. The van der Waals surface area contributed by atoms with Crippen molar-refractivity contribution in [2.75, 3.05) is 0 Å². The number of allylic oxidation sites excluding steroid dienone is 2. The number of hydrogen-bond donors (Lipinski definition) is 0. The van der Waals surface area contributed by atoms with Crippen molar-refractivity contribution in [1.29, 1.82) is 0 Å². The normalized spacial score (nSPS) is 40.8. The maximum atomic E-state index is 2.46. The van der Waals surface area contributed by atoms with Gasteiger partial charge in [-0.1, -0.05) is 26.0 Å². The molecule has 0 amide bonds. The summed E-state index contributed by atoms with van der Waals surface area (Å²) in [6.45, 7) is 4.69. The molecule has 0 spiro atoms. The van der Waals surface area contributed by atoms with Crippen molar-refractivity contribution in [3.05, 3.63) is 12.2 Å². The van der Waals surface area contributed by atoms with Crippen molar-refractivity contribution in [3.63, 3.8) is 0 Å². The second kappa shape index (κ2) is 2.66. The summed E-state index contributed by atoms with van der Waals surface area (Å²) in [6, 6.07) is 0. The molecule has 0 radical (unpaired) electrons. The van der Waals surface area contributed by atoms with Crippen LogP contribution in [-0.4, -0.2) is 0 Å². The third kappa shape index (κ3) is 1.36. The molecule has 2 rings (SSSR count). The Hall–Kier alpha value is -0.260. The van der Waals surface area contributed by atoms with Crippen molar-refractivity contribution < 1.29 is 0 Å². The Morgan fingerprint density at radius 1 is 1.27 bits per heavy atom. The minimum Gasteiger partial charge on any atom is -0.0851 e. The zero-order valence-electron chi connectivity index (χ0n) is 7.59. The lowest BCUT2D eigenvalue weighted by Crippen LogP contribution is -2.09. The molecule has 1 fully saturated rings. The molecule has 2 bridgehead atoms. The van der Waals surface area contributed by atoms with Crippen LogP contribution in [-0.2, 0) is 0 Å². The zero-order chi connectivity index (χ0) is 7.84. The second-order valence-electron chi connectivity index (χ2n) is 4.67. The minimum atomic E-state index is 0.896. The summed E-state index contributed by atoms with van der Waals surface area (Å²) in [5, 5.41) is 0. The summed E-state index contributed by atoms with van der Waals surface area (Å²) in [4.78, 5) is 0. The number of fused-ring (bicyclic) bond motifs is 2. The fraction of sp³-hybridized carbons (Fsp3) is 0.818. The van der Waals surface area contributed by atoms with Crippen LogP contribution in [0.15, 0.2) is 12.2 Å². The van der Waals surface area contributed by atoms with Crippen LogP contribution in [0.2, 0.25) is 0 Å². The van der Waals surface area contributed by atoms with Crippen molar-refractivity contribution in [3.8, 4) is 0 Å². The average molecular weight is 150 g/mol. The molecule has 0 aromatic heterocycles. The smallest absolute Gasteiger partial charge is 0.0199 e. The van der Waals surface area contributed by atoms with E-state index >= 15 is 0 Å². The fourth-order valence-electron chi connectivity index (χ4n) is 2.77. The van der Waals surface area contributed by atoms with Crippen molar-refractivity contribution >= 4 is 0 Å². The first-order chi connectivity index (χ1) is 5.25. The van der Waals surface area contributed by atoms with Gasteiger partial charge in [-0.05, 0) is 42.9 Å². The van der Waals surface area contributed by atoms with Crippen molar-refractivity contribution in [2.24, 2.45) is 23.7 Å². The van der Waals surface area contributed by atoms with E-state index in [2.05, 4.69) is 26.0 Å². The Balaban J connectivity index is 1.93. The summed E-state index contributed by atoms with van der Waals surface area (Å²) in [5.41, 5.74) is 0. The summed E-state index contributed by atoms with van der Waals surface area (Å²) >= 11 is 0. The molecule has 3 atom stereocenters. The highest BCUT2D eigenvalue weighted by molar-refractivity contribution is 5.09. The lowest BCUT2D eigenvalue weighted by molar-refractivity contribution is 0.359. The van der Waals surface area contributed by atoms with Crippen LogP contribution in [0.4, 0.5) is 0 Å². The van der Waals surface area contributed by atoms with Crippen molar-refractivity contribution in [1.82, 2.24) is 0 Å². The van der Waals surface area contributed by atoms with Crippen LogP contribution in [0, 0.1) is 23.7 Å². The van der Waals surface area contributed by atoms with Gasteiger partial charge in [0.2, 0.25) is 0 Å². The van der Waals surface area contributed by atoms with Gasteiger partial charge >= 0.3 is 0 Å². The Morgan fingerprint density at radius 2 is 2.09 bits per heavy atom. The monoisotopic (exact) mass is 150 g/mol. The first-order valence-corrected chi connectivity index (χ1v) is 4.94. The molecule has 0 aromatic carbocycles. The van der Waals surface area contributed by atoms with E-state index in [0.29, 0.717) is 0 Å². The number of rotatable bonds is 2. The van der Waals surface area contributed by atoms with E-state index in [9.17, 15) is 0 Å². The van der Waals surface area contributed by atoms with E-state index in [1.54, 1.807) is 0 Å². The SMILES string of the molecule is CC(C)CC1CC2C=CC1C2. The van der Waals surface area contributed by atoms with Crippen LogP contribution >= 0.6 is 0 Å². The molecule has 1 saturated carbocycles. The van der Waals surface area contributed by atoms with Crippen LogP contribution in [0.25, 0.3) is 0 Å². The Kier molecular flexibility index (Phi) is 1.78. The van der Waals surface area contributed by atoms with Crippen LogP contribution < -0.4 is 0 Å². The van der Waals surface area contributed by atoms with Gasteiger partial charge in [0.25, 0.3) is 0 Å². The predicted octanol–water partition coefficient (Wildman–Crippen LogP) is 3.24. The van der Waals surface area contributed by atoms with Gasteiger partial charge in [0.15, 0.2) is 0 Å². The van der Waals surface area contributed by atoms with E-state index in [1.807, 2.05) is 0 Å². The van der Waals surface area contributed by atoms with E-state index < -0.39 is 0 Å². The molecular formula is C11H18. The van der Waals surface area contributed by atoms with Gasteiger partial charge in [-0.3, -0.25) is 0 Å². The maximum absolute atomic E-state index is 2.46. The molecule has 2 aliphatic carbocycles. The third-order valence-electron chi connectivity index (χ3n) is 3.19. The average Bonchev–Trinajstić information content (AvgIpc) is 2.45. The van der Waals surface area contributed by atoms with Gasteiger partial charge in [-0.15, -0.1) is 0 Å². The Labute approximate surface area is 69.7 Å². The highest BCUT2D eigenvalue weighted by atomic mass is 14.4. The third-order valence-corrected chi connectivity index (χ3v) is 3.19. The topological polar surface area (TPSA) is 0 Å². The van der Waals surface area contributed by atoms with E-state index in [1.165, 1.54) is 19.3 Å². The number of hydrogen-bond acceptors (Lipinski definition) is 0. The molecule has 0 aromatic rings. The van der Waals surface area contributed by atoms with Gasteiger partial charge in [0, 0.05) is 0 Å². The highest BCUT2D eigenvalue weighted by Gasteiger charge is 2.35.